The van der Waals surface area contributed by atoms with Gasteiger partial charge in [0.1, 0.15) is 5.60 Å². The lowest BCUT2D eigenvalue weighted by Gasteiger charge is -2.20. The smallest absolute Gasteiger partial charge is 0.412 e. The molecule has 0 spiro atoms. The van der Waals surface area contributed by atoms with Crippen LogP contribution in [0.2, 0.25) is 4.34 Å². The Labute approximate surface area is 149 Å². The maximum atomic E-state index is 12.1. The molecule has 2 rings (SSSR count). The minimum absolute atomic E-state index is 0.167. The molecule has 2 heterocycles. The monoisotopic (exact) mass is 367 g/mol. The van der Waals surface area contributed by atoms with Gasteiger partial charge in [-0.25, -0.2) is 4.79 Å². The number of nitrogens with zero attached hydrogens (tertiary/aromatic N) is 1. The quantitative estimate of drug-likeness (QED) is 0.853. The molecule has 0 bridgehead atoms. The van der Waals surface area contributed by atoms with Crippen LogP contribution in [0.3, 0.4) is 0 Å². The lowest BCUT2D eigenvalue weighted by atomic mass is 10.2. The highest BCUT2D eigenvalue weighted by Gasteiger charge is 2.17. The fraction of sp³-hybridized carbons (Fsp3) is 0.312. The van der Waals surface area contributed by atoms with E-state index in [1.165, 1.54) is 11.3 Å². The van der Waals surface area contributed by atoms with Crippen LogP contribution in [-0.2, 0) is 11.3 Å². The number of rotatable bonds is 4. The summed E-state index contributed by atoms with van der Waals surface area (Å²) in [5, 5.41) is 5.39. The second-order valence-electron chi connectivity index (χ2n) is 5.91. The molecule has 2 aromatic rings. The Balaban J connectivity index is 2.01. The zero-order chi connectivity index (χ0) is 17.7. The van der Waals surface area contributed by atoms with Crippen molar-refractivity contribution in [1.29, 1.82) is 0 Å². The Morgan fingerprint density at radius 1 is 1.29 bits per heavy atom. The zero-order valence-corrected chi connectivity index (χ0v) is 15.1. The summed E-state index contributed by atoms with van der Waals surface area (Å²) in [7, 11) is 0. The van der Waals surface area contributed by atoms with Gasteiger partial charge in [0.15, 0.2) is 0 Å². The van der Waals surface area contributed by atoms with Gasteiger partial charge in [0, 0.05) is 6.20 Å². The first kappa shape index (κ1) is 18.2. The first-order valence-corrected chi connectivity index (χ1v) is 8.41. The molecule has 0 aromatic carbocycles. The molecule has 0 fully saturated rings. The van der Waals surface area contributed by atoms with Gasteiger partial charge in [0.2, 0.25) is 0 Å². The number of thiophene rings is 1. The third-order valence-electron chi connectivity index (χ3n) is 2.74. The Morgan fingerprint density at radius 3 is 2.67 bits per heavy atom. The molecule has 2 N–H and O–H groups in total. The number of halogens is 1. The number of amides is 2. The first-order chi connectivity index (χ1) is 11.2. The summed E-state index contributed by atoms with van der Waals surface area (Å²) >= 11 is 7.02. The van der Waals surface area contributed by atoms with E-state index in [4.69, 9.17) is 16.3 Å². The van der Waals surface area contributed by atoms with Crippen molar-refractivity contribution >= 4 is 40.6 Å². The molecule has 0 atom stereocenters. The Kier molecular flexibility index (Phi) is 5.80. The summed E-state index contributed by atoms with van der Waals surface area (Å²) in [6, 6.07) is 6.70. The number of carbonyl (C=O) groups is 2. The number of hydrogen-bond donors (Lipinski definition) is 2. The molecule has 0 saturated carbocycles. The largest absolute Gasteiger partial charge is 0.444 e. The molecule has 0 unspecified atom stereocenters. The van der Waals surface area contributed by atoms with Gasteiger partial charge in [0.05, 0.1) is 27.1 Å². The average molecular weight is 368 g/mol. The van der Waals surface area contributed by atoms with E-state index in [1.807, 2.05) is 0 Å². The van der Waals surface area contributed by atoms with Crippen molar-refractivity contribution in [3.63, 3.8) is 0 Å². The first-order valence-electron chi connectivity index (χ1n) is 7.22. The van der Waals surface area contributed by atoms with Crippen LogP contribution in [0, 0.1) is 0 Å². The van der Waals surface area contributed by atoms with E-state index >= 15 is 0 Å². The van der Waals surface area contributed by atoms with E-state index < -0.39 is 11.7 Å². The van der Waals surface area contributed by atoms with E-state index in [2.05, 4.69) is 15.6 Å². The third-order valence-corrected chi connectivity index (χ3v) is 3.97. The van der Waals surface area contributed by atoms with Crippen molar-refractivity contribution in [2.24, 2.45) is 0 Å². The van der Waals surface area contributed by atoms with Crippen molar-refractivity contribution in [1.82, 2.24) is 10.3 Å². The summed E-state index contributed by atoms with van der Waals surface area (Å²) < 4.78 is 5.76. The molecule has 0 radical (unpaired) electrons. The van der Waals surface area contributed by atoms with Crippen LogP contribution in [0.4, 0.5) is 10.5 Å². The highest BCUT2D eigenvalue weighted by atomic mass is 35.5. The molecule has 2 aromatic heterocycles. The van der Waals surface area contributed by atoms with Crippen molar-refractivity contribution in [3.05, 3.63) is 45.4 Å². The molecule has 0 aliphatic carbocycles. The SMILES string of the molecule is CC(C)(C)OC(=O)Nc1cccnc1CNC(=O)c1ccc(Cl)s1. The van der Waals surface area contributed by atoms with Gasteiger partial charge in [-0.3, -0.25) is 15.1 Å². The number of pyridine rings is 1. The van der Waals surface area contributed by atoms with E-state index in [0.717, 1.165) is 0 Å². The van der Waals surface area contributed by atoms with E-state index in [1.54, 1.807) is 51.2 Å². The normalized spacial score (nSPS) is 11.0. The summed E-state index contributed by atoms with van der Waals surface area (Å²) in [4.78, 5) is 28.6. The second-order valence-corrected chi connectivity index (χ2v) is 7.63. The van der Waals surface area contributed by atoms with E-state index in [9.17, 15) is 9.59 Å². The molecule has 24 heavy (non-hydrogen) atoms. The van der Waals surface area contributed by atoms with Gasteiger partial charge in [-0.15, -0.1) is 11.3 Å². The van der Waals surface area contributed by atoms with Crippen LogP contribution in [-0.4, -0.2) is 22.6 Å². The highest BCUT2D eigenvalue weighted by molar-refractivity contribution is 7.17. The predicted octanol–water partition coefficient (Wildman–Crippen LogP) is 4.07. The van der Waals surface area contributed by atoms with Gasteiger partial charge in [-0.2, -0.15) is 0 Å². The molecule has 128 valence electrons. The molecule has 2 amide bonds. The molecule has 0 aliphatic heterocycles. The maximum absolute atomic E-state index is 12.1. The molecule has 0 saturated heterocycles. The summed E-state index contributed by atoms with van der Waals surface area (Å²) in [6.07, 6.45) is 1.01. The van der Waals surface area contributed by atoms with Gasteiger partial charge < -0.3 is 10.1 Å². The molecule has 8 heteroatoms. The highest BCUT2D eigenvalue weighted by Crippen LogP contribution is 2.21. The Hall–Kier alpha value is -2.12. The maximum Gasteiger partial charge on any atom is 0.412 e. The van der Waals surface area contributed by atoms with Crippen molar-refractivity contribution in [2.45, 2.75) is 32.9 Å². The van der Waals surface area contributed by atoms with Gasteiger partial charge >= 0.3 is 6.09 Å². The van der Waals surface area contributed by atoms with Crippen molar-refractivity contribution in [2.75, 3.05) is 5.32 Å². The summed E-state index contributed by atoms with van der Waals surface area (Å²) in [6.45, 7) is 5.51. The van der Waals surface area contributed by atoms with Crippen LogP contribution >= 0.6 is 22.9 Å². The van der Waals surface area contributed by atoms with Crippen LogP contribution < -0.4 is 10.6 Å². The number of hydrogen-bond acceptors (Lipinski definition) is 5. The van der Waals surface area contributed by atoms with Gasteiger partial charge in [-0.1, -0.05) is 11.6 Å². The number of anilines is 1. The minimum atomic E-state index is -0.598. The van der Waals surface area contributed by atoms with E-state index in [0.29, 0.717) is 20.6 Å². The number of ether oxygens (including phenoxy) is 1. The van der Waals surface area contributed by atoms with Gasteiger partial charge in [-0.05, 0) is 45.0 Å². The summed E-state index contributed by atoms with van der Waals surface area (Å²) in [5.41, 5.74) is 0.412. The zero-order valence-electron chi connectivity index (χ0n) is 13.6. The third kappa shape index (κ3) is 5.50. The fourth-order valence-electron chi connectivity index (χ4n) is 1.79. The standard InChI is InChI=1S/C16H18ClN3O3S/c1-16(2,3)23-15(22)20-10-5-4-8-18-11(10)9-19-14(21)12-6-7-13(17)24-12/h4-8H,9H2,1-3H3,(H,19,21)(H,20,22). The molecular weight excluding hydrogens is 350 g/mol. The minimum Gasteiger partial charge on any atom is -0.444 e. The number of nitrogens with one attached hydrogen (secondary N) is 2. The van der Waals surface area contributed by atoms with E-state index in [-0.39, 0.29) is 12.5 Å². The van der Waals surface area contributed by atoms with Crippen LogP contribution in [0.25, 0.3) is 0 Å². The lowest BCUT2D eigenvalue weighted by Crippen LogP contribution is -2.28. The van der Waals surface area contributed by atoms with Crippen LogP contribution in [0.1, 0.15) is 36.1 Å². The van der Waals surface area contributed by atoms with Crippen LogP contribution in [0.5, 0.6) is 0 Å². The lowest BCUT2D eigenvalue weighted by molar-refractivity contribution is 0.0635. The second kappa shape index (κ2) is 7.63. The van der Waals surface area contributed by atoms with Crippen molar-refractivity contribution in [3.8, 4) is 0 Å². The van der Waals surface area contributed by atoms with Crippen LogP contribution in [0.15, 0.2) is 30.5 Å². The number of aromatic nitrogens is 1. The summed E-state index contributed by atoms with van der Waals surface area (Å²) in [5.74, 6) is -0.249. The average Bonchev–Trinajstić information content (AvgIpc) is 2.90. The Morgan fingerprint density at radius 2 is 2.04 bits per heavy atom. The Bertz CT molecular complexity index is 740. The fourth-order valence-corrected chi connectivity index (χ4v) is 2.75. The van der Waals surface area contributed by atoms with Crippen molar-refractivity contribution < 1.29 is 14.3 Å². The topological polar surface area (TPSA) is 80.3 Å². The van der Waals surface area contributed by atoms with Gasteiger partial charge in [0.25, 0.3) is 5.91 Å². The molecular formula is C16H18ClN3O3S. The number of carbonyl (C=O) groups excluding carboxylic acids is 2. The predicted molar refractivity (Wildman–Crippen MR) is 94.6 cm³/mol. The molecule has 6 nitrogen and oxygen atoms in total. The molecule has 0 aliphatic rings.